The first-order chi connectivity index (χ1) is 10.6. The third-order valence-corrected chi connectivity index (χ3v) is 5.01. The minimum absolute atomic E-state index is 0. The molecule has 2 aliphatic rings. The van der Waals surface area contributed by atoms with Crippen LogP contribution in [0.5, 0.6) is 0 Å². The van der Waals surface area contributed by atoms with Gasteiger partial charge in [0.05, 0.1) is 12.6 Å². The van der Waals surface area contributed by atoms with Crippen LogP contribution < -0.4 is 11.1 Å². The fourth-order valence-corrected chi connectivity index (χ4v) is 3.37. The van der Waals surface area contributed by atoms with Gasteiger partial charge in [-0.15, -0.1) is 12.4 Å². The van der Waals surface area contributed by atoms with Crippen molar-refractivity contribution in [2.45, 2.75) is 57.0 Å². The van der Waals surface area contributed by atoms with Crippen molar-refractivity contribution < 1.29 is 14.3 Å². The lowest BCUT2D eigenvalue weighted by Gasteiger charge is -2.31. The molecule has 2 amide bonds. The van der Waals surface area contributed by atoms with Gasteiger partial charge in [0, 0.05) is 26.3 Å². The van der Waals surface area contributed by atoms with E-state index in [1.165, 1.54) is 19.3 Å². The van der Waals surface area contributed by atoms with Crippen LogP contribution in [0.4, 0.5) is 0 Å². The van der Waals surface area contributed by atoms with Crippen molar-refractivity contribution in [1.29, 1.82) is 0 Å². The van der Waals surface area contributed by atoms with Crippen LogP contribution in [-0.2, 0) is 14.3 Å². The van der Waals surface area contributed by atoms with Crippen LogP contribution in [0, 0.1) is 5.92 Å². The molecular formula is C16H30ClN3O3. The SMILES string of the molecule is CN(C(=O)CNC(=O)C(N)C1CCOCC1)C1CCCCC1.Cl. The van der Waals surface area contributed by atoms with E-state index in [4.69, 9.17) is 10.5 Å². The van der Waals surface area contributed by atoms with Gasteiger partial charge in [0.25, 0.3) is 0 Å². The van der Waals surface area contributed by atoms with Crippen molar-refractivity contribution in [3.05, 3.63) is 0 Å². The maximum Gasteiger partial charge on any atom is 0.241 e. The molecule has 1 aliphatic heterocycles. The Balaban J connectivity index is 0.00000264. The summed E-state index contributed by atoms with van der Waals surface area (Å²) >= 11 is 0. The summed E-state index contributed by atoms with van der Waals surface area (Å²) in [6.45, 7) is 1.37. The maximum atomic E-state index is 12.2. The van der Waals surface area contributed by atoms with Gasteiger partial charge in [0.15, 0.2) is 0 Å². The van der Waals surface area contributed by atoms with Crippen molar-refractivity contribution in [3.8, 4) is 0 Å². The highest BCUT2D eigenvalue weighted by molar-refractivity contribution is 5.87. The van der Waals surface area contributed by atoms with Gasteiger partial charge in [0.1, 0.15) is 0 Å². The Kier molecular flexibility index (Phi) is 8.87. The molecule has 134 valence electrons. The van der Waals surface area contributed by atoms with E-state index in [1.54, 1.807) is 4.90 Å². The zero-order chi connectivity index (χ0) is 15.9. The van der Waals surface area contributed by atoms with E-state index in [1.807, 2.05) is 7.05 Å². The normalized spacial score (nSPS) is 21.1. The van der Waals surface area contributed by atoms with Crippen LogP contribution in [0.1, 0.15) is 44.9 Å². The lowest BCUT2D eigenvalue weighted by molar-refractivity contribution is -0.134. The standard InChI is InChI=1S/C16H29N3O3.ClH/c1-19(13-5-3-2-4-6-13)14(20)11-18-16(21)15(17)12-7-9-22-10-8-12;/h12-13,15H,2-11,17H2,1H3,(H,18,21);1H. The summed E-state index contributed by atoms with van der Waals surface area (Å²) in [4.78, 5) is 26.1. The number of hydrogen-bond acceptors (Lipinski definition) is 4. The third-order valence-electron chi connectivity index (χ3n) is 5.01. The van der Waals surface area contributed by atoms with Gasteiger partial charge in [-0.25, -0.2) is 0 Å². The second-order valence-corrected chi connectivity index (χ2v) is 6.49. The zero-order valence-corrected chi connectivity index (χ0v) is 14.8. The molecule has 0 spiro atoms. The van der Waals surface area contributed by atoms with Crippen LogP contribution in [0.15, 0.2) is 0 Å². The van der Waals surface area contributed by atoms with Crippen molar-refractivity contribution in [3.63, 3.8) is 0 Å². The van der Waals surface area contributed by atoms with E-state index in [0.29, 0.717) is 19.3 Å². The van der Waals surface area contributed by atoms with E-state index in [0.717, 1.165) is 25.7 Å². The monoisotopic (exact) mass is 347 g/mol. The first-order valence-electron chi connectivity index (χ1n) is 8.46. The Bertz CT molecular complexity index is 347. The topological polar surface area (TPSA) is 84.7 Å². The second kappa shape index (κ2) is 10.1. The van der Waals surface area contributed by atoms with Crippen molar-refractivity contribution in [2.75, 3.05) is 26.8 Å². The molecule has 1 unspecified atom stereocenters. The molecule has 1 saturated heterocycles. The third kappa shape index (κ3) is 5.94. The highest BCUT2D eigenvalue weighted by atomic mass is 35.5. The Morgan fingerprint density at radius 2 is 1.78 bits per heavy atom. The number of nitrogens with two attached hydrogens (primary N) is 1. The Morgan fingerprint density at radius 3 is 2.39 bits per heavy atom. The molecule has 1 aliphatic carbocycles. The minimum Gasteiger partial charge on any atom is -0.381 e. The van der Waals surface area contributed by atoms with Crippen LogP contribution in [-0.4, -0.2) is 55.6 Å². The molecule has 0 aromatic carbocycles. The first-order valence-corrected chi connectivity index (χ1v) is 8.46. The number of nitrogens with one attached hydrogen (secondary N) is 1. The molecule has 7 heteroatoms. The summed E-state index contributed by atoms with van der Waals surface area (Å²) in [6.07, 6.45) is 7.38. The number of ether oxygens (including phenoxy) is 1. The van der Waals surface area contributed by atoms with Crippen molar-refractivity contribution >= 4 is 24.2 Å². The molecule has 1 saturated carbocycles. The van der Waals surface area contributed by atoms with Crippen molar-refractivity contribution in [2.24, 2.45) is 11.7 Å². The van der Waals surface area contributed by atoms with Crippen LogP contribution in [0.2, 0.25) is 0 Å². The second-order valence-electron chi connectivity index (χ2n) is 6.49. The molecule has 6 nitrogen and oxygen atoms in total. The van der Waals surface area contributed by atoms with Gasteiger partial charge in [-0.3, -0.25) is 9.59 Å². The minimum atomic E-state index is -0.545. The van der Waals surface area contributed by atoms with E-state index < -0.39 is 6.04 Å². The first kappa shape index (κ1) is 20.2. The molecule has 1 heterocycles. The molecule has 1 atom stereocenters. The molecule has 3 N–H and O–H groups in total. The largest absolute Gasteiger partial charge is 0.381 e. The van der Waals surface area contributed by atoms with Crippen LogP contribution >= 0.6 is 12.4 Å². The van der Waals surface area contributed by atoms with Gasteiger partial charge in [-0.1, -0.05) is 19.3 Å². The number of likely N-dealkylation sites (N-methyl/N-ethyl adjacent to an activating group) is 1. The average Bonchev–Trinajstić information content (AvgIpc) is 2.59. The summed E-state index contributed by atoms with van der Waals surface area (Å²) in [5.74, 6) is -0.100. The van der Waals surface area contributed by atoms with E-state index >= 15 is 0 Å². The molecule has 2 rings (SSSR count). The van der Waals surface area contributed by atoms with Crippen molar-refractivity contribution in [1.82, 2.24) is 10.2 Å². The Labute approximate surface area is 144 Å². The molecule has 0 aromatic heterocycles. The quantitative estimate of drug-likeness (QED) is 0.779. The fraction of sp³-hybridized carbons (Fsp3) is 0.875. The highest BCUT2D eigenvalue weighted by Gasteiger charge is 2.27. The highest BCUT2D eigenvalue weighted by Crippen LogP contribution is 2.21. The van der Waals surface area contributed by atoms with Crippen LogP contribution in [0.25, 0.3) is 0 Å². The number of amides is 2. The van der Waals surface area contributed by atoms with Gasteiger partial charge < -0.3 is 20.7 Å². The van der Waals surface area contributed by atoms with Gasteiger partial charge in [-0.2, -0.15) is 0 Å². The average molecular weight is 348 g/mol. The van der Waals surface area contributed by atoms with Gasteiger partial charge >= 0.3 is 0 Å². The lowest BCUT2D eigenvalue weighted by Crippen LogP contribution is -2.50. The van der Waals surface area contributed by atoms with Crippen LogP contribution in [0.3, 0.4) is 0 Å². The lowest BCUT2D eigenvalue weighted by atomic mass is 9.92. The number of halogens is 1. The van der Waals surface area contributed by atoms with Gasteiger partial charge in [-0.05, 0) is 31.6 Å². The molecule has 0 radical (unpaired) electrons. The zero-order valence-electron chi connectivity index (χ0n) is 14.0. The predicted molar refractivity (Wildman–Crippen MR) is 91.4 cm³/mol. The molecular weight excluding hydrogens is 318 g/mol. The number of carbonyl (C=O) groups excluding carboxylic acids is 2. The number of nitrogens with zero attached hydrogens (tertiary/aromatic N) is 1. The molecule has 0 bridgehead atoms. The molecule has 0 aromatic rings. The summed E-state index contributed by atoms with van der Waals surface area (Å²) in [7, 11) is 1.84. The maximum absolute atomic E-state index is 12.2. The Morgan fingerprint density at radius 1 is 1.17 bits per heavy atom. The van der Waals surface area contributed by atoms with E-state index in [2.05, 4.69) is 5.32 Å². The molecule has 23 heavy (non-hydrogen) atoms. The number of rotatable bonds is 5. The number of carbonyl (C=O) groups is 2. The predicted octanol–water partition coefficient (Wildman–Crippen LogP) is 1.07. The number of hydrogen-bond donors (Lipinski definition) is 2. The fourth-order valence-electron chi connectivity index (χ4n) is 3.37. The van der Waals surface area contributed by atoms with E-state index in [9.17, 15) is 9.59 Å². The van der Waals surface area contributed by atoms with Gasteiger partial charge in [0.2, 0.25) is 11.8 Å². The summed E-state index contributed by atoms with van der Waals surface area (Å²) in [5.41, 5.74) is 6.00. The smallest absolute Gasteiger partial charge is 0.241 e. The summed E-state index contributed by atoms with van der Waals surface area (Å²) in [6, 6.07) is -0.223. The summed E-state index contributed by atoms with van der Waals surface area (Å²) < 4.78 is 5.28. The molecule has 2 fully saturated rings. The Hall–Kier alpha value is -0.850. The summed E-state index contributed by atoms with van der Waals surface area (Å²) in [5, 5.41) is 2.70. The van der Waals surface area contributed by atoms with E-state index in [-0.39, 0.29) is 36.7 Å².